The van der Waals surface area contributed by atoms with Gasteiger partial charge >= 0.3 is 0 Å². The van der Waals surface area contributed by atoms with Crippen LogP contribution in [0.2, 0.25) is 0 Å². The largest absolute Gasteiger partial charge is 0.492 e. The summed E-state index contributed by atoms with van der Waals surface area (Å²) in [5, 5.41) is 11.8. The number of amides is 1. The maximum atomic E-state index is 12.1. The van der Waals surface area contributed by atoms with Crippen molar-refractivity contribution >= 4 is 22.7 Å². The van der Waals surface area contributed by atoms with Crippen molar-refractivity contribution in [2.24, 2.45) is 0 Å². The van der Waals surface area contributed by atoms with Gasteiger partial charge in [0, 0.05) is 18.1 Å². The maximum Gasteiger partial charge on any atom is 0.275 e. The van der Waals surface area contributed by atoms with E-state index in [1.807, 2.05) is 6.07 Å². The SMILES string of the molecule is O=C(Nc1ccc2oc(-c3cccnc3)nc2c1)c1cnc(O)cn1. The standard InChI is InChI=1S/C17H11N5O3/c23-15-9-19-13(8-20-15)16(24)21-11-3-4-14-12(6-11)22-17(25-14)10-2-1-5-18-7-10/h1-9H,(H,20,23)(H,21,24). The number of nitrogens with one attached hydrogen (secondary N) is 1. The van der Waals surface area contributed by atoms with Gasteiger partial charge in [-0.25, -0.2) is 15.0 Å². The van der Waals surface area contributed by atoms with Crippen LogP contribution in [0.15, 0.2) is 59.5 Å². The minimum Gasteiger partial charge on any atom is -0.492 e. The lowest BCUT2D eigenvalue weighted by Gasteiger charge is -2.03. The highest BCUT2D eigenvalue weighted by Gasteiger charge is 2.12. The molecule has 8 heteroatoms. The summed E-state index contributed by atoms with van der Waals surface area (Å²) in [5.41, 5.74) is 2.60. The predicted octanol–water partition coefficient (Wildman–Crippen LogP) is 2.64. The van der Waals surface area contributed by atoms with Gasteiger partial charge in [0.1, 0.15) is 11.2 Å². The summed E-state index contributed by atoms with van der Waals surface area (Å²) in [5.74, 6) is -0.234. The average molecular weight is 333 g/mol. The molecule has 3 aromatic heterocycles. The second-order valence-electron chi connectivity index (χ2n) is 5.16. The van der Waals surface area contributed by atoms with Crippen LogP contribution in [0.3, 0.4) is 0 Å². The van der Waals surface area contributed by atoms with E-state index in [-0.39, 0.29) is 11.6 Å². The number of hydrogen-bond acceptors (Lipinski definition) is 7. The molecule has 0 aliphatic rings. The molecule has 8 nitrogen and oxygen atoms in total. The van der Waals surface area contributed by atoms with Crippen LogP contribution in [0.5, 0.6) is 5.88 Å². The summed E-state index contributed by atoms with van der Waals surface area (Å²) in [7, 11) is 0. The second kappa shape index (κ2) is 6.00. The van der Waals surface area contributed by atoms with Crippen molar-refractivity contribution in [3.63, 3.8) is 0 Å². The second-order valence-corrected chi connectivity index (χ2v) is 5.16. The fraction of sp³-hybridized carbons (Fsp3) is 0. The van der Waals surface area contributed by atoms with Gasteiger partial charge in [-0.2, -0.15) is 0 Å². The molecule has 0 spiro atoms. The number of rotatable bonds is 3. The highest BCUT2D eigenvalue weighted by molar-refractivity contribution is 6.03. The summed E-state index contributed by atoms with van der Waals surface area (Å²) < 4.78 is 5.70. The molecule has 0 saturated carbocycles. The maximum absolute atomic E-state index is 12.1. The quantitative estimate of drug-likeness (QED) is 0.592. The highest BCUT2D eigenvalue weighted by Crippen LogP contribution is 2.25. The monoisotopic (exact) mass is 333 g/mol. The molecule has 122 valence electrons. The molecule has 0 atom stereocenters. The third kappa shape index (κ3) is 3.00. The van der Waals surface area contributed by atoms with Gasteiger partial charge in [-0.15, -0.1) is 0 Å². The van der Waals surface area contributed by atoms with Crippen molar-refractivity contribution in [2.75, 3.05) is 5.32 Å². The van der Waals surface area contributed by atoms with Crippen molar-refractivity contribution in [1.82, 2.24) is 19.9 Å². The van der Waals surface area contributed by atoms with E-state index in [9.17, 15) is 4.79 Å². The van der Waals surface area contributed by atoms with Crippen LogP contribution in [-0.2, 0) is 0 Å². The van der Waals surface area contributed by atoms with Crippen molar-refractivity contribution in [3.05, 3.63) is 60.8 Å². The number of carbonyl (C=O) groups excluding carboxylic acids is 1. The third-order valence-corrected chi connectivity index (χ3v) is 3.42. The first-order valence-electron chi connectivity index (χ1n) is 7.32. The summed E-state index contributed by atoms with van der Waals surface area (Å²) in [6.07, 6.45) is 5.64. The number of benzene rings is 1. The molecule has 1 amide bonds. The molecule has 0 unspecified atom stereocenters. The van der Waals surface area contributed by atoms with E-state index in [0.717, 1.165) is 11.8 Å². The zero-order valence-corrected chi connectivity index (χ0v) is 12.7. The van der Waals surface area contributed by atoms with E-state index in [1.54, 1.807) is 36.7 Å². The molecule has 0 fully saturated rings. The summed E-state index contributed by atoms with van der Waals surface area (Å²) in [6.45, 7) is 0. The van der Waals surface area contributed by atoms with E-state index in [4.69, 9.17) is 9.52 Å². The lowest BCUT2D eigenvalue weighted by atomic mass is 10.2. The fourth-order valence-corrected chi connectivity index (χ4v) is 2.25. The van der Waals surface area contributed by atoms with Gasteiger partial charge in [-0.05, 0) is 30.3 Å². The molecular weight excluding hydrogens is 322 g/mol. The Labute approximate surface area is 141 Å². The number of oxazole rings is 1. The number of pyridine rings is 1. The van der Waals surface area contributed by atoms with Gasteiger partial charge < -0.3 is 14.8 Å². The van der Waals surface area contributed by atoms with Gasteiger partial charge in [0.05, 0.1) is 18.0 Å². The summed E-state index contributed by atoms with van der Waals surface area (Å²) in [6, 6.07) is 8.77. The smallest absolute Gasteiger partial charge is 0.275 e. The number of nitrogens with zero attached hydrogens (tertiary/aromatic N) is 4. The van der Waals surface area contributed by atoms with Crippen LogP contribution in [0.4, 0.5) is 5.69 Å². The van der Waals surface area contributed by atoms with Crippen LogP contribution in [0.25, 0.3) is 22.6 Å². The van der Waals surface area contributed by atoms with Gasteiger partial charge in [0.15, 0.2) is 5.58 Å². The van der Waals surface area contributed by atoms with Gasteiger partial charge in [0.2, 0.25) is 11.8 Å². The molecule has 1 aromatic carbocycles. The Balaban J connectivity index is 1.61. The minimum atomic E-state index is -0.442. The molecule has 4 rings (SSSR count). The Bertz CT molecular complexity index is 1050. The topological polar surface area (TPSA) is 114 Å². The van der Waals surface area contributed by atoms with Crippen LogP contribution < -0.4 is 5.32 Å². The Morgan fingerprint density at radius 3 is 2.80 bits per heavy atom. The predicted molar refractivity (Wildman–Crippen MR) is 88.9 cm³/mol. The molecular formula is C17H11N5O3. The molecule has 4 aromatic rings. The zero-order valence-electron chi connectivity index (χ0n) is 12.7. The van der Waals surface area contributed by atoms with Crippen molar-refractivity contribution in [1.29, 1.82) is 0 Å². The Kier molecular flexibility index (Phi) is 3.55. The number of aromatic hydroxyl groups is 1. The number of fused-ring (bicyclic) bond motifs is 1. The fourth-order valence-electron chi connectivity index (χ4n) is 2.25. The van der Waals surface area contributed by atoms with Gasteiger partial charge in [-0.1, -0.05) is 0 Å². The number of aromatic nitrogens is 4. The molecule has 2 N–H and O–H groups in total. The highest BCUT2D eigenvalue weighted by atomic mass is 16.3. The normalized spacial score (nSPS) is 10.7. The van der Waals surface area contributed by atoms with Crippen LogP contribution in [0.1, 0.15) is 10.5 Å². The Morgan fingerprint density at radius 1 is 1.12 bits per heavy atom. The molecule has 0 radical (unpaired) electrons. The Hall–Kier alpha value is -3.81. The molecule has 3 heterocycles. The summed E-state index contributed by atoms with van der Waals surface area (Å²) >= 11 is 0. The minimum absolute atomic E-state index is 0.0918. The van der Waals surface area contributed by atoms with Crippen LogP contribution in [0, 0.1) is 0 Å². The van der Waals surface area contributed by atoms with Crippen molar-refractivity contribution < 1.29 is 14.3 Å². The first-order chi connectivity index (χ1) is 12.2. The van der Waals surface area contributed by atoms with Crippen LogP contribution in [-0.4, -0.2) is 30.9 Å². The van der Waals surface area contributed by atoms with Gasteiger partial charge in [-0.3, -0.25) is 9.78 Å². The molecule has 0 aliphatic heterocycles. The third-order valence-electron chi connectivity index (χ3n) is 3.42. The van der Waals surface area contributed by atoms with E-state index >= 15 is 0 Å². The first-order valence-corrected chi connectivity index (χ1v) is 7.32. The van der Waals surface area contributed by atoms with Crippen molar-refractivity contribution in [3.8, 4) is 17.3 Å². The lowest BCUT2D eigenvalue weighted by Crippen LogP contribution is -2.13. The van der Waals surface area contributed by atoms with E-state index in [0.29, 0.717) is 22.7 Å². The zero-order chi connectivity index (χ0) is 17.2. The average Bonchev–Trinajstić information content (AvgIpc) is 3.06. The Morgan fingerprint density at radius 2 is 2.04 bits per heavy atom. The van der Waals surface area contributed by atoms with E-state index in [2.05, 4.69) is 25.3 Å². The number of anilines is 1. The van der Waals surface area contributed by atoms with E-state index < -0.39 is 5.91 Å². The first kappa shape index (κ1) is 14.8. The number of hydrogen-bond donors (Lipinski definition) is 2. The molecule has 0 aliphatic carbocycles. The molecule has 0 bridgehead atoms. The van der Waals surface area contributed by atoms with Gasteiger partial charge in [0.25, 0.3) is 5.91 Å². The lowest BCUT2D eigenvalue weighted by molar-refractivity contribution is 0.102. The van der Waals surface area contributed by atoms with Crippen LogP contribution >= 0.6 is 0 Å². The number of carbonyl (C=O) groups is 1. The van der Waals surface area contributed by atoms with E-state index in [1.165, 1.54) is 6.20 Å². The summed E-state index contributed by atoms with van der Waals surface area (Å²) in [4.78, 5) is 28.0. The molecule has 0 saturated heterocycles. The van der Waals surface area contributed by atoms with Crippen molar-refractivity contribution in [2.45, 2.75) is 0 Å². The molecule has 25 heavy (non-hydrogen) atoms.